The fourth-order valence-corrected chi connectivity index (χ4v) is 3.13. The average molecular weight is 447 g/mol. The van der Waals surface area contributed by atoms with Crippen LogP contribution in [0.5, 0.6) is 0 Å². The average Bonchev–Trinajstić information content (AvgIpc) is 2.68. The predicted octanol–water partition coefficient (Wildman–Crippen LogP) is 3.55. The van der Waals surface area contributed by atoms with E-state index in [1.807, 2.05) is 56.3 Å². The maximum atomic E-state index is 12.2. The fourth-order valence-electron chi connectivity index (χ4n) is 2.65. The third kappa shape index (κ3) is 6.49. The van der Waals surface area contributed by atoms with Gasteiger partial charge < -0.3 is 15.4 Å². The molecule has 7 heteroatoms. The van der Waals surface area contributed by atoms with Gasteiger partial charge in [-0.1, -0.05) is 53.2 Å². The number of aryl methyl sites for hydroxylation is 1. The van der Waals surface area contributed by atoms with E-state index in [-0.39, 0.29) is 12.5 Å². The molecule has 0 spiro atoms. The molecule has 0 radical (unpaired) electrons. The Balaban J connectivity index is 1.77. The molecule has 1 unspecified atom stereocenters. The van der Waals surface area contributed by atoms with Gasteiger partial charge in [0.05, 0.1) is 12.5 Å². The number of anilines is 1. The van der Waals surface area contributed by atoms with Gasteiger partial charge in [-0.25, -0.2) is 0 Å². The summed E-state index contributed by atoms with van der Waals surface area (Å²) in [7, 11) is 0. The number of carbonyl (C=O) groups is 3. The van der Waals surface area contributed by atoms with Crippen molar-refractivity contribution in [2.24, 2.45) is 0 Å². The maximum Gasteiger partial charge on any atom is 0.313 e. The van der Waals surface area contributed by atoms with E-state index >= 15 is 0 Å². The Bertz CT molecular complexity index is 840. The minimum atomic E-state index is -0.529. The molecule has 2 aromatic carbocycles. The number of rotatable bonds is 8. The lowest BCUT2D eigenvalue weighted by Gasteiger charge is -2.14. The van der Waals surface area contributed by atoms with E-state index in [1.165, 1.54) is 0 Å². The molecule has 0 fully saturated rings. The minimum absolute atomic E-state index is 0.207. The number of amides is 2. The second-order valence-corrected chi connectivity index (χ2v) is 7.18. The number of ether oxygens (including phenoxy) is 1. The van der Waals surface area contributed by atoms with Crippen LogP contribution in [0.1, 0.15) is 30.4 Å². The number of halogens is 1. The van der Waals surface area contributed by atoms with Crippen molar-refractivity contribution in [1.29, 1.82) is 0 Å². The van der Waals surface area contributed by atoms with Crippen LogP contribution in [0.15, 0.2) is 53.0 Å². The number of benzene rings is 2. The van der Waals surface area contributed by atoms with Crippen molar-refractivity contribution >= 4 is 39.4 Å². The first-order chi connectivity index (χ1) is 13.4. The molecular formula is C21H23BrN2O4. The zero-order chi connectivity index (χ0) is 20.5. The highest BCUT2D eigenvalue weighted by atomic mass is 79.9. The summed E-state index contributed by atoms with van der Waals surface area (Å²) in [5.74, 6) is -1.77. The SMILES string of the molecule is CCC(C(=O)OCC(=O)NCC(=O)Nc1ccc(Br)cc1C)c1ccccc1. The van der Waals surface area contributed by atoms with E-state index in [9.17, 15) is 14.4 Å². The number of nitrogens with one attached hydrogen (secondary N) is 2. The van der Waals surface area contributed by atoms with Gasteiger partial charge in [0.2, 0.25) is 5.91 Å². The molecule has 0 aliphatic carbocycles. The molecule has 28 heavy (non-hydrogen) atoms. The van der Waals surface area contributed by atoms with Crippen molar-refractivity contribution in [3.05, 3.63) is 64.1 Å². The summed E-state index contributed by atoms with van der Waals surface area (Å²) in [6.45, 7) is 3.12. The summed E-state index contributed by atoms with van der Waals surface area (Å²) >= 11 is 3.36. The monoisotopic (exact) mass is 446 g/mol. The summed E-state index contributed by atoms with van der Waals surface area (Å²) in [5, 5.41) is 5.17. The van der Waals surface area contributed by atoms with Gasteiger partial charge in [-0.2, -0.15) is 0 Å². The molecule has 0 bridgehead atoms. The van der Waals surface area contributed by atoms with Crippen LogP contribution < -0.4 is 10.6 Å². The molecule has 1 atom stereocenters. The predicted molar refractivity (Wildman–Crippen MR) is 111 cm³/mol. The third-order valence-electron chi connectivity index (χ3n) is 4.15. The molecule has 0 aliphatic rings. The van der Waals surface area contributed by atoms with E-state index in [0.29, 0.717) is 12.1 Å². The fraction of sp³-hybridized carbons (Fsp3) is 0.286. The van der Waals surface area contributed by atoms with Crippen LogP contribution in [0, 0.1) is 6.92 Å². The normalized spacial score (nSPS) is 11.4. The Morgan fingerprint density at radius 1 is 1.07 bits per heavy atom. The Labute approximate surface area is 172 Å². The molecule has 6 nitrogen and oxygen atoms in total. The Morgan fingerprint density at radius 3 is 2.43 bits per heavy atom. The van der Waals surface area contributed by atoms with Crippen molar-refractivity contribution in [2.75, 3.05) is 18.5 Å². The standard InChI is InChI=1S/C21H23BrN2O4/c1-3-17(15-7-5-4-6-8-15)21(27)28-13-20(26)23-12-19(25)24-18-10-9-16(22)11-14(18)2/h4-11,17H,3,12-13H2,1-2H3,(H,23,26)(H,24,25). The van der Waals surface area contributed by atoms with Gasteiger partial charge in [-0.15, -0.1) is 0 Å². The summed E-state index contributed by atoms with van der Waals surface area (Å²) in [4.78, 5) is 36.1. The van der Waals surface area contributed by atoms with Crippen molar-refractivity contribution < 1.29 is 19.1 Å². The van der Waals surface area contributed by atoms with Crippen LogP contribution in [0.3, 0.4) is 0 Å². The Kier molecular flexibility index (Phi) is 8.19. The van der Waals surface area contributed by atoms with Crippen LogP contribution >= 0.6 is 15.9 Å². The Hall–Kier alpha value is -2.67. The molecule has 0 heterocycles. The van der Waals surface area contributed by atoms with Crippen LogP contribution in [0.25, 0.3) is 0 Å². The lowest BCUT2D eigenvalue weighted by atomic mass is 9.97. The highest BCUT2D eigenvalue weighted by Gasteiger charge is 2.21. The number of esters is 1. The summed E-state index contributed by atoms with van der Waals surface area (Å²) in [6.07, 6.45) is 0.569. The zero-order valence-electron chi connectivity index (χ0n) is 15.8. The molecule has 148 valence electrons. The molecule has 0 aromatic heterocycles. The van der Waals surface area contributed by atoms with Crippen LogP contribution in [0.2, 0.25) is 0 Å². The Morgan fingerprint density at radius 2 is 1.79 bits per heavy atom. The van der Waals surface area contributed by atoms with Gasteiger partial charge in [-0.05, 0) is 42.7 Å². The van der Waals surface area contributed by atoms with Gasteiger partial charge in [0.1, 0.15) is 0 Å². The van der Waals surface area contributed by atoms with Gasteiger partial charge >= 0.3 is 5.97 Å². The molecule has 2 aromatic rings. The van der Waals surface area contributed by atoms with Gasteiger partial charge in [0.25, 0.3) is 5.91 Å². The quantitative estimate of drug-likeness (QED) is 0.607. The minimum Gasteiger partial charge on any atom is -0.455 e. The van der Waals surface area contributed by atoms with E-state index in [4.69, 9.17) is 4.74 Å². The largest absolute Gasteiger partial charge is 0.455 e. The lowest BCUT2D eigenvalue weighted by Crippen LogP contribution is -2.36. The molecule has 2 rings (SSSR count). The van der Waals surface area contributed by atoms with Crippen molar-refractivity contribution in [3.8, 4) is 0 Å². The zero-order valence-corrected chi connectivity index (χ0v) is 17.4. The van der Waals surface area contributed by atoms with Crippen molar-refractivity contribution in [1.82, 2.24) is 5.32 Å². The van der Waals surface area contributed by atoms with Crippen molar-refractivity contribution in [2.45, 2.75) is 26.2 Å². The topological polar surface area (TPSA) is 84.5 Å². The molecule has 2 N–H and O–H groups in total. The lowest BCUT2D eigenvalue weighted by molar-refractivity contribution is -0.150. The molecular weight excluding hydrogens is 424 g/mol. The van der Waals surface area contributed by atoms with E-state index < -0.39 is 24.4 Å². The highest BCUT2D eigenvalue weighted by molar-refractivity contribution is 9.10. The maximum absolute atomic E-state index is 12.2. The van der Waals surface area contributed by atoms with E-state index in [1.54, 1.807) is 6.07 Å². The van der Waals surface area contributed by atoms with E-state index in [2.05, 4.69) is 26.6 Å². The third-order valence-corrected chi connectivity index (χ3v) is 4.64. The summed E-state index contributed by atoms with van der Waals surface area (Å²) < 4.78 is 6.02. The first kappa shape index (κ1) is 21.6. The molecule has 2 amide bonds. The van der Waals surface area contributed by atoms with Gasteiger partial charge in [0, 0.05) is 10.2 Å². The van der Waals surface area contributed by atoms with Crippen LogP contribution in [-0.4, -0.2) is 30.9 Å². The smallest absolute Gasteiger partial charge is 0.313 e. The number of hydrogen-bond acceptors (Lipinski definition) is 4. The first-order valence-corrected chi connectivity index (χ1v) is 9.74. The second kappa shape index (κ2) is 10.6. The summed E-state index contributed by atoms with van der Waals surface area (Å²) in [6, 6.07) is 14.7. The highest BCUT2D eigenvalue weighted by Crippen LogP contribution is 2.21. The molecule has 0 saturated heterocycles. The van der Waals surface area contributed by atoms with E-state index in [0.717, 1.165) is 15.6 Å². The van der Waals surface area contributed by atoms with Gasteiger partial charge in [0.15, 0.2) is 6.61 Å². The van der Waals surface area contributed by atoms with Gasteiger partial charge in [-0.3, -0.25) is 14.4 Å². The second-order valence-electron chi connectivity index (χ2n) is 6.26. The number of carbonyl (C=O) groups excluding carboxylic acids is 3. The van der Waals surface area contributed by atoms with Crippen LogP contribution in [-0.2, 0) is 19.1 Å². The molecule has 0 saturated carbocycles. The molecule has 0 aliphatic heterocycles. The van der Waals surface area contributed by atoms with Crippen molar-refractivity contribution in [3.63, 3.8) is 0 Å². The first-order valence-electron chi connectivity index (χ1n) is 8.95. The van der Waals surface area contributed by atoms with Crippen LogP contribution in [0.4, 0.5) is 5.69 Å². The number of hydrogen-bond donors (Lipinski definition) is 2. The summed E-state index contributed by atoms with van der Waals surface area (Å²) in [5.41, 5.74) is 2.41.